The van der Waals surface area contributed by atoms with Gasteiger partial charge in [-0.05, 0) is 31.2 Å². The molecule has 7 nitrogen and oxygen atoms in total. The van der Waals surface area contributed by atoms with Crippen molar-refractivity contribution in [1.29, 1.82) is 0 Å². The molecule has 132 valence electrons. The number of anilines is 1. The van der Waals surface area contributed by atoms with Gasteiger partial charge in [0.1, 0.15) is 11.3 Å². The summed E-state index contributed by atoms with van der Waals surface area (Å²) in [4.78, 5) is 17.1. The minimum absolute atomic E-state index is 0.186. The van der Waals surface area contributed by atoms with E-state index in [1.165, 1.54) is 0 Å². The van der Waals surface area contributed by atoms with E-state index in [1.54, 1.807) is 25.1 Å². The molecule has 3 aromatic rings. The van der Waals surface area contributed by atoms with E-state index in [4.69, 9.17) is 18.7 Å². The van der Waals surface area contributed by atoms with Gasteiger partial charge in [0.2, 0.25) is 6.79 Å². The highest BCUT2D eigenvalue weighted by Gasteiger charge is 2.14. The van der Waals surface area contributed by atoms with Gasteiger partial charge in [-0.2, -0.15) is 0 Å². The van der Waals surface area contributed by atoms with Gasteiger partial charge in [0.25, 0.3) is 5.91 Å². The molecule has 0 aliphatic carbocycles. The third kappa shape index (κ3) is 3.32. The summed E-state index contributed by atoms with van der Waals surface area (Å²) in [5.41, 5.74) is 1.93. The largest absolute Gasteiger partial charge is 0.455 e. The van der Waals surface area contributed by atoms with E-state index in [9.17, 15) is 4.79 Å². The standard InChI is InChI=1S/C19H16N2O5/c1-12(17-8-13-4-2-3-5-15(13)26-17)21-25-10-19(22)20-14-6-7-16-18(9-14)24-11-23-16/h2-9H,10-11H2,1H3,(H,20,22)/b21-12-. The summed E-state index contributed by atoms with van der Waals surface area (Å²) < 4.78 is 16.2. The Labute approximate surface area is 149 Å². The van der Waals surface area contributed by atoms with Crippen LogP contribution < -0.4 is 14.8 Å². The summed E-state index contributed by atoms with van der Waals surface area (Å²) in [6, 6.07) is 14.7. The van der Waals surface area contributed by atoms with Gasteiger partial charge >= 0.3 is 0 Å². The van der Waals surface area contributed by atoms with E-state index in [-0.39, 0.29) is 19.3 Å². The molecular weight excluding hydrogens is 336 g/mol. The average Bonchev–Trinajstić information content (AvgIpc) is 3.27. The van der Waals surface area contributed by atoms with Crippen LogP contribution in [0.1, 0.15) is 12.7 Å². The summed E-state index contributed by atoms with van der Waals surface area (Å²) in [6.07, 6.45) is 0. The maximum Gasteiger partial charge on any atom is 0.265 e. The number of benzene rings is 2. The minimum atomic E-state index is -0.329. The van der Waals surface area contributed by atoms with Crippen molar-refractivity contribution in [2.24, 2.45) is 5.16 Å². The highest BCUT2D eigenvalue weighted by molar-refractivity contribution is 5.99. The predicted octanol–water partition coefficient (Wildman–Crippen LogP) is 3.54. The van der Waals surface area contributed by atoms with Crippen LogP contribution in [0.2, 0.25) is 0 Å². The monoisotopic (exact) mass is 352 g/mol. The molecule has 26 heavy (non-hydrogen) atoms. The zero-order chi connectivity index (χ0) is 17.9. The number of para-hydroxylation sites is 1. The van der Waals surface area contributed by atoms with Crippen LogP contribution >= 0.6 is 0 Å². The molecule has 1 amide bonds. The topological polar surface area (TPSA) is 82.3 Å². The van der Waals surface area contributed by atoms with Crippen LogP contribution in [0.5, 0.6) is 11.5 Å². The molecule has 0 saturated carbocycles. The number of furan rings is 1. The zero-order valence-electron chi connectivity index (χ0n) is 14.0. The Morgan fingerprint density at radius 3 is 2.88 bits per heavy atom. The molecule has 0 fully saturated rings. The Bertz CT molecular complexity index is 960. The smallest absolute Gasteiger partial charge is 0.265 e. The molecule has 0 atom stereocenters. The number of rotatable bonds is 5. The molecule has 1 aliphatic heterocycles. The van der Waals surface area contributed by atoms with Gasteiger partial charge in [0, 0.05) is 17.1 Å². The number of hydrogen-bond acceptors (Lipinski definition) is 6. The van der Waals surface area contributed by atoms with Gasteiger partial charge in [0.15, 0.2) is 23.9 Å². The number of ether oxygens (including phenoxy) is 2. The third-order valence-corrected chi connectivity index (χ3v) is 3.84. The first-order chi connectivity index (χ1) is 12.7. The van der Waals surface area contributed by atoms with E-state index in [0.717, 1.165) is 11.0 Å². The van der Waals surface area contributed by atoms with Crippen LogP contribution in [0.15, 0.2) is 58.1 Å². The normalized spacial score (nSPS) is 13.0. The van der Waals surface area contributed by atoms with E-state index in [0.29, 0.717) is 28.7 Å². The van der Waals surface area contributed by atoms with Crippen LogP contribution in [0, 0.1) is 0 Å². The van der Waals surface area contributed by atoms with Crippen molar-refractivity contribution in [2.45, 2.75) is 6.92 Å². The van der Waals surface area contributed by atoms with Crippen molar-refractivity contribution in [3.05, 3.63) is 54.3 Å². The van der Waals surface area contributed by atoms with Crippen molar-refractivity contribution in [1.82, 2.24) is 0 Å². The van der Waals surface area contributed by atoms with E-state index in [1.807, 2.05) is 30.3 Å². The SMILES string of the molecule is C/C(=N/OCC(=O)Nc1ccc2c(c1)OCO2)c1cc2ccccc2o1. The lowest BCUT2D eigenvalue weighted by atomic mass is 10.2. The molecule has 1 N–H and O–H groups in total. The van der Waals surface area contributed by atoms with Crippen molar-refractivity contribution in [3.63, 3.8) is 0 Å². The molecule has 0 radical (unpaired) electrons. The second-order valence-electron chi connectivity index (χ2n) is 5.71. The van der Waals surface area contributed by atoms with E-state index >= 15 is 0 Å². The first-order valence-corrected chi connectivity index (χ1v) is 8.04. The Morgan fingerprint density at radius 1 is 1.15 bits per heavy atom. The van der Waals surface area contributed by atoms with Crippen molar-refractivity contribution in [3.8, 4) is 11.5 Å². The Morgan fingerprint density at radius 2 is 2.00 bits per heavy atom. The minimum Gasteiger partial charge on any atom is -0.455 e. The molecule has 7 heteroatoms. The maximum atomic E-state index is 12.0. The van der Waals surface area contributed by atoms with Crippen molar-refractivity contribution >= 4 is 28.3 Å². The molecule has 1 aliphatic rings. The average molecular weight is 352 g/mol. The predicted molar refractivity (Wildman–Crippen MR) is 95.6 cm³/mol. The van der Waals surface area contributed by atoms with Gasteiger partial charge in [0.05, 0.1) is 0 Å². The van der Waals surface area contributed by atoms with Gasteiger partial charge in [-0.1, -0.05) is 23.4 Å². The lowest BCUT2D eigenvalue weighted by Gasteiger charge is -2.05. The summed E-state index contributed by atoms with van der Waals surface area (Å²) in [5.74, 6) is 1.53. The zero-order valence-corrected chi connectivity index (χ0v) is 14.0. The quantitative estimate of drug-likeness (QED) is 0.561. The van der Waals surface area contributed by atoms with Crippen LogP contribution in [-0.2, 0) is 9.63 Å². The van der Waals surface area contributed by atoms with Crippen LogP contribution in [-0.4, -0.2) is 25.0 Å². The molecule has 0 spiro atoms. The van der Waals surface area contributed by atoms with Gasteiger partial charge in [-0.25, -0.2) is 0 Å². The molecule has 0 unspecified atom stereocenters. The summed E-state index contributed by atoms with van der Waals surface area (Å²) in [7, 11) is 0. The highest BCUT2D eigenvalue weighted by Crippen LogP contribution is 2.34. The number of fused-ring (bicyclic) bond motifs is 2. The maximum absolute atomic E-state index is 12.0. The van der Waals surface area contributed by atoms with Crippen LogP contribution in [0.3, 0.4) is 0 Å². The van der Waals surface area contributed by atoms with E-state index in [2.05, 4.69) is 10.5 Å². The van der Waals surface area contributed by atoms with E-state index < -0.39 is 0 Å². The molecule has 4 rings (SSSR count). The Balaban J connectivity index is 1.34. The fourth-order valence-electron chi connectivity index (χ4n) is 2.56. The summed E-state index contributed by atoms with van der Waals surface area (Å²) >= 11 is 0. The van der Waals surface area contributed by atoms with Crippen molar-refractivity contribution in [2.75, 3.05) is 18.7 Å². The first-order valence-electron chi connectivity index (χ1n) is 8.04. The number of nitrogens with zero attached hydrogens (tertiary/aromatic N) is 1. The summed E-state index contributed by atoms with van der Waals surface area (Å²) in [5, 5.41) is 7.64. The number of carbonyl (C=O) groups excluding carboxylic acids is 1. The highest BCUT2D eigenvalue weighted by atomic mass is 16.7. The third-order valence-electron chi connectivity index (χ3n) is 3.84. The lowest BCUT2D eigenvalue weighted by Crippen LogP contribution is -2.17. The molecule has 0 bridgehead atoms. The first kappa shape index (κ1) is 16.0. The number of carbonyl (C=O) groups is 1. The van der Waals surface area contributed by atoms with Crippen molar-refractivity contribution < 1.29 is 23.5 Å². The van der Waals surface area contributed by atoms with Gasteiger partial charge < -0.3 is 24.0 Å². The lowest BCUT2D eigenvalue weighted by molar-refractivity contribution is -0.120. The number of hydrogen-bond donors (Lipinski definition) is 1. The number of oxime groups is 1. The Hall–Kier alpha value is -3.48. The second-order valence-corrected chi connectivity index (χ2v) is 5.71. The molecular formula is C19H16N2O5. The number of nitrogens with one attached hydrogen (secondary N) is 1. The Kier molecular flexibility index (Phi) is 4.18. The van der Waals surface area contributed by atoms with Crippen LogP contribution in [0.4, 0.5) is 5.69 Å². The van der Waals surface area contributed by atoms with Gasteiger partial charge in [-0.15, -0.1) is 0 Å². The molecule has 1 aromatic heterocycles. The molecule has 0 saturated heterocycles. The second kappa shape index (κ2) is 6.79. The van der Waals surface area contributed by atoms with Crippen LogP contribution in [0.25, 0.3) is 11.0 Å². The molecule has 2 aromatic carbocycles. The molecule has 2 heterocycles. The fraction of sp³-hybridized carbons (Fsp3) is 0.158. The number of amides is 1. The summed E-state index contributed by atoms with van der Waals surface area (Å²) in [6.45, 7) is 1.73. The van der Waals surface area contributed by atoms with Gasteiger partial charge in [-0.3, -0.25) is 4.79 Å². The fourth-order valence-corrected chi connectivity index (χ4v) is 2.56.